The molecule has 116 valence electrons. The molecule has 6 heteroatoms. The van der Waals surface area contributed by atoms with Gasteiger partial charge in [-0.3, -0.25) is 4.79 Å². The summed E-state index contributed by atoms with van der Waals surface area (Å²) in [5.41, 5.74) is 0. The van der Waals surface area contributed by atoms with E-state index in [4.69, 9.17) is 9.84 Å². The number of carboxylic acid groups (broad SMARTS) is 1. The SMILES string of the molecule is CCOCCCNC(=O)N1CCCCC1CCC(=O)O. The Bertz CT molecular complexity index is 310. The summed E-state index contributed by atoms with van der Waals surface area (Å²) < 4.78 is 5.22. The Morgan fingerprint density at radius 3 is 2.90 bits per heavy atom. The van der Waals surface area contributed by atoms with Gasteiger partial charge in [-0.25, -0.2) is 4.79 Å². The van der Waals surface area contributed by atoms with E-state index in [0.717, 1.165) is 32.2 Å². The fourth-order valence-corrected chi connectivity index (χ4v) is 2.47. The van der Waals surface area contributed by atoms with Crippen molar-refractivity contribution in [1.29, 1.82) is 0 Å². The van der Waals surface area contributed by atoms with Gasteiger partial charge in [0.1, 0.15) is 0 Å². The van der Waals surface area contributed by atoms with Crippen LogP contribution in [0.5, 0.6) is 0 Å². The second kappa shape index (κ2) is 9.58. The lowest BCUT2D eigenvalue weighted by atomic mass is 9.98. The zero-order valence-electron chi connectivity index (χ0n) is 12.3. The number of aliphatic carboxylic acids is 1. The van der Waals surface area contributed by atoms with Crippen molar-refractivity contribution in [1.82, 2.24) is 10.2 Å². The normalized spacial score (nSPS) is 18.9. The lowest BCUT2D eigenvalue weighted by Crippen LogP contribution is -2.49. The van der Waals surface area contributed by atoms with Crippen LogP contribution in [0.1, 0.15) is 45.4 Å². The number of urea groups is 1. The topological polar surface area (TPSA) is 78.9 Å². The Morgan fingerprint density at radius 1 is 1.40 bits per heavy atom. The van der Waals surface area contributed by atoms with Crippen LogP contribution in [0.25, 0.3) is 0 Å². The van der Waals surface area contributed by atoms with Gasteiger partial charge in [0.25, 0.3) is 0 Å². The molecule has 2 N–H and O–H groups in total. The van der Waals surface area contributed by atoms with Crippen molar-refractivity contribution >= 4 is 12.0 Å². The van der Waals surface area contributed by atoms with Crippen molar-refractivity contribution in [3.63, 3.8) is 0 Å². The van der Waals surface area contributed by atoms with E-state index < -0.39 is 5.97 Å². The first-order valence-electron chi connectivity index (χ1n) is 7.49. The zero-order valence-corrected chi connectivity index (χ0v) is 12.3. The summed E-state index contributed by atoms with van der Waals surface area (Å²) in [6.45, 7) is 4.61. The number of likely N-dealkylation sites (tertiary alicyclic amines) is 1. The Kier molecular flexibility index (Phi) is 8.02. The maximum atomic E-state index is 12.1. The number of carbonyl (C=O) groups excluding carboxylic acids is 1. The van der Waals surface area contributed by atoms with Gasteiger partial charge in [-0.1, -0.05) is 0 Å². The highest BCUT2D eigenvalue weighted by Gasteiger charge is 2.26. The van der Waals surface area contributed by atoms with E-state index in [-0.39, 0.29) is 18.5 Å². The standard InChI is InChI=1S/C14H26N2O4/c1-2-20-11-5-9-15-14(19)16-10-4-3-6-12(16)7-8-13(17)18/h12H,2-11H2,1H3,(H,15,19)(H,17,18). The molecule has 1 rings (SSSR count). The molecule has 0 bridgehead atoms. The summed E-state index contributed by atoms with van der Waals surface area (Å²) in [5.74, 6) is -0.798. The number of hydrogen-bond acceptors (Lipinski definition) is 3. The molecule has 1 saturated heterocycles. The maximum Gasteiger partial charge on any atom is 0.317 e. The van der Waals surface area contributed by atoms with Crippen molar-refractivity contribution in [2.45, 2.75) is 51.5 Å². The van der Waals surface area contributed by atoms with Crippen molar-refractivity contribution in [3.05, 3.63) is 0 Å². The quantitative estimate of drug-likeness (QED) is 0.667. The Labute approximate surface area is 120 Å². The molecule has 2 amide bonds. The number of nitrogens with one attached hydrogen (secondary N) is 1. The maximum absolute atomic E-state index is 12.1. The number of ether oxygens (including phenoxy) is 1. The minimum Gasteiger partial charge on any atom is -0.481 e. The second-order valence-electron chi connectivity index (χ2n) is 5.06. The van der Waals surface area contributed by atoms with Crippen molar-refractivity contribution in [2.24, 2.45) is 0 Å². The molecule has 0 aromatic rings. The van der Waals surface area contributed by atoms with Crippen LogP contribution in [-0.4, -0.2) is 54.4 Å². The molecule has 1 fully saturated rings. The molecule has 6 nitrogen and oxygen atoms in total. The molecule has 1 aliphatic heterocycles. The first kappa shape index (κ1) is 16.8. The number of nitrogens with zero attached hydrogens (tertiary/aromatic N) is 1. The minimum atomic E-state index is -0.798. The highest BCUT2D eigenvalue weighted by Crippen LogP contribution is 2.20. The summed E-state index contributed by atoms with van der Waals surface area (Å²) in [7, 11) is 0. The zero-order chi connectivity index (χ0) is 14.8. The first-order chi connectivity index (χ1) is 9.65. The molecule has 0 aromatic carbocycles. The number of piperidine rings is 1. The number of hydrogen-bond donors (Lipinski definition) is 2. The number of carboxylic acids is 1. The lowest BCUT2D eigenvalue weighted by molar-refractivity contribution is -0.137. The van der Waals surface area contributed by atoms with E-state index in [1.807, 2.05) is 6.92 Å². The monoisotopic (exact) mass is 286 g/mol. The molecule has 1 unspecified atom stereocenters. The van der Waals surface area contributed by atoms with Gasteiger partial charge in [-0.2, -0.15) is 0 Å². The van der Waals surface area contributed by atoms with E-state index in [0.29, 0.717) is 26.2 Å². The fraction of sp³-hybridized carbons (Fsp3) is 0.857. The average molecular weight is 286 g/mol. The van der Waals surface area contributed by atoms with Gasteiger partial charge >= 0.3 is 12.0 Å². The first-order valence-corrected chi connectivity index (χ1v) is 7.49. The Balaban J connectivity index is 2.32. The van der Waals surface area contributed by atoms with Gasteiger partial charge in [0, 0.05) is 38.8 Å². The molecule has 1 atom stereocenters. The predicted molar refractivity (Wildman–Crippen MR) is 75.7 cm³/mol. The Morgan fingerprint density at radius 2 is 2.20 bits per heavy atom. The molecule has 0 radical (unpaired) electrons. The fourth-order valence-electron chi connectivity index (χ4n) is 2.47. The van der Waals surface area contributed by atoms with Crippen molar-refractivity contribution in [2.75, 3.05) is 26.3 Å². The Hall–Kier alpha value is -1.30. The van der Waals surface area contributed by atoms with Crippen LogP contribution in [0, 0.1) is 0 Å². The van der Waals surface area contributed by atoms with Gasteiger partial charge in [0.05, 0.1) is 0 Å². The van der Waals surface area contributed by atoms with Crippen LogP contribution in [0.15, 0.2) is 0 Å². The van der Waals surface area contributed by atoms with Crippen LogP contribution in [0.4, 0.5) is 4.79 Å². The number of amides is 2. The van der Waals surface area contributed by atoms with Crippen LogP contribution in [-0.2, 0) is 9.53 Å². The van der Waals surface area contributed by atoms with Crippen molar-refractivity contribution < 1.29 is 19.4 Å². The van der Waals surface area contributed by atoms with Gasteiger partial charge in [-0.05, 0) is 39.0 Å². The molecular weight excluding hydrogens is 260 g/mol. The molecule has 0 saturated carbocycles. The third kappa shape index (κ3) is 6.23. The molecular formula is C14H26N2O4. The highest BCUT2D eigenvalue weighted by molar-refractivity contribution is 5.74. The summed E-state index contributed by atoms with van der Waals surface area (Å²) in [5, 5.41) is 11.6. The van der Waals surface area contributed by atoms with Crippen LogP contribution in [0.2, 0.25) is 0 Å². The number of rotatable bonds is 8. The van der Waals surface area contributed by atoms with Gasteiger partial charge in [-0.15, -0.1) is 0 Å². The van der Waals surface area contributed by atoms with Gasteiger partial charge in [0.2, 0.25) is 0 Å². The molecule has 0 aliphatic carbocycles. The summed E-state index contributed by atoms with van der Waals surface area (Å²) in [4.78, 5) is 24.6. The number of carbonyl (C=O) groups is 2. The highest BCUT2D eigenvalue weighted by atomic mass is 16.5. The molecule has 1 aliphatic rings. The minimum absolute atomic E-state index is 0.0618. The van der Waals surface area contributed by atoms with E-state index in [1.165, 1.54) is 0 Å². The third-order valence-electron chi connectivity index (χ3n) is 3.53. The average Bonchev–Trinajstić information content (AvgIpc) is 2.45. The summed E-state index contributed by atoms with van der Waals surface area (Å²) in [6, 6.07) is -0.0108. The second-order valence-corrected chi connectivity index (χ2v) is 5.06. The van der Waals surface area contributed by atoms with Crippen LogP contribution in [0.3, 0.4) is 0 Å². The van der Waals surface area contributed by atoms with E-state index in [9.17, 15) is 9.59 Å². The third-order valence-corrected chi connectivity index (χ3v) is 3.53. The molecule has 0 aromatic heterocycles. The van der Waals surface area contributed by atoms with Crippen LogP contribution >= 0.6 is 0 Å². The van der Waals surface area contributed by atoms with Crippen LogP contribution < -0.4 is 5.32 Å². The van der Waals surface area contributed by atoms with Gasteiger partial charge < -0.3 is 20.1 Å². The van der Waals surface area contributed by atoms with E-state index in [1.54, 1.807) is 4.90 Å². The molecule has 1 heterocycles. The lowest BCUT2D eigenvalue weighted by Gasteiger charge is -2.35. The largest absolute Gasteiger partial charge is 0.481 e. The molecule has 20 heavy (non-hydrogen) atoms. The summed E-state index contributed by atoms with van der Waals surface area (Å²) in [6.07, 6.45) is 4.43. The molecule has 0 spiro atoms. The van der Waals surface area contributed by atoms with Gasteiger partial charge in [0.15, 0.2) is 0 Å². The van der Waals surface area contributed by atoms with Crippen molar-refractivity contribution in [3.8, 4) is 0 Å². The van der Waals surface area contributed by atoms with E-state index >= 15 is 0 Å². The smallest absolute Gasteiger partial charge is 0.317 e. The summed E-state index contributed by atoms with van der Waals surface area (Å²) >= 11 is 0. The van der Waals surface area contributed by atoms with E-state index in [2.05, 4.69) is 5.32 Å². The predicted octanol–water partition coefficient (Wildman–Crippen LogP) is 1.84.